The van der Waals surface area contributed by atoms with Crippen LogP contribution in [0, 0.1) is 6.92 Å². The van der Waals surface area contributed by atoms with Gasteiger partial charge in [-0.05, 0) is 25.1 Å². The average Bonchev–Trinajstić information content (AvgIpc) is 3.08. The number of aromatic amines is 1. The van der Waals surface area contributed by atoms with Crippen LogP contribution in [0.25, 0.3) is 10.9 Å². The summed E-state index contributed by atoms with van der Waals surface area (Å²) in [4.78, 5) is 32.4. The van der Waals surface area contributed by atoms with Gasteiger partial charge in [-0.3, -0.25) is 9.59 Å². The molecular weight excluding hydrogens is 404 g/mol. The number of benzene rings is 2. The molecule has 0 aliphatic carbocycles. The summed E-state index contributed by atoms with van der Waals surface area (Å²) < 4.78 is 23.7. The van der Waals surface area contributed by atoms with Gasteiger partial charge in [0.25, 0.3) is 11.7 Å². The van der Waals surface area contributed by atoms with Crippen LogP contribution in [0.5, 0.6) is 0 Å². The second-order valence-corrected chi connectivity index (χ2v) is 8.82. The van der Waals surface area contributed by atoms with Crippen molar-refractivity contribution in [2.75, 3.05) is 31.1 Å². The van der Waals surface area contributed by atoms with Crippen LogP contribution in [0.1, 0.15) is 16.1 Å². The van der Waals surface area contributed by atoms with E-state index in [0.717, 1.165) is 10.9 Å². The number of hydrogen-bond acceptors (Lipinski definition) is 5. The highest BCUT2D eigenvalue weighted by molar-refractivity contribution is 7.89. The lowest BCUT2D eigenvalue weighted by atomic mass is 10.1. The molecule has 1 aliphatic heterocycles. The van der Waals surface area contributed by atoms with Crippen molar-refractivity contribution in [3.8, 4) is 0 Å². The lowest BCUT2D eigenvalue weighted by Gasteiger charge is -2.36. The molecule has 3 aromatic rings. The van der Waals surface area contributed by atoms with Crippen LogP contribution in [0.15, 0.2) is 53.4 Å². The lowest BCUT2D eigenvalue weighted by Crippen LogP contribution is -2.51. The maximum absolute atomic E-state index is 13.0. The van der Waals surface area contributed by atoms with E-state index in [2.05, 4.69) is 4.98 Å². The highest BCUT2D eigenvalue weighted by atomic mass is 32.2. The van der Waals surface area contributed by atoms with Gasteiger partial charge >= 0.3 is 0 Å². The van der Waals surface area contributed by atoms with Crippen molar-refractivity contribution in [3.05, 3.63) is 59.8 Å². The summed E-state index contributed by atoms with van der Waals surface area (Å²) in [5.74, 6) is -1.09. The van der Waals surface area contributed by atoms with Crippen molar-refractivity contribution in [2.45, 2.75) is 11.8 Å². The number of H-pyrrole nitrogens is 1. The Morgan fingerprint density at radius 3 is 2.30 bits per heavy atom. The molecule has 2 heterocycles. The zero-order chi connectivity index (χ0) is 21.5. The minimum absolute atomic E-state index is 0.0512. The summed E-state index contributed by atoms with van der Waals surface area (Å²) in [6, 6.07) is 13.9. The van der Waals surface area contributed by atoms with Crippen molar-refractivity contribution >= 4 is 38.3 Å². The second-order valence-electron chi connectivity index (χ2n) is 7.29. The van der Waals surface area contributed by atoms with Gasteiger partial charge in [-0.25, -0.2) is 13.6 Å². The molecule has 8 nitrogen and oxygen atoms in total. The van der Waals surface area contributed by atoms with Crippen LogP contribution in [-0.4, -0.2) is 56.2 Å². The summed E-state index contributed by atoms with van der Waals surface area (Å²) in [5.41, 5.74) is 2.38. The molecule has 0 saturated carbocycles. The molecule has 3 N–H and O–H groups in total. The fraction of sp³-hybridized carbons (Fsp3) is 0.238. The van der Waals surface area contributed by atoms with Crippen LogP contribution in [0.4, 0.5) is 5.69 Å². The zero-order valence-electron chi connectivity index (χ0n) is 16.5. The Kier molecular flexibility index (Phi) is 5.08. The molecule has 1 saturated heterocycles. The first-order valence-corrected chi connectivity index (χ1v) is 11.1. The number of anilines is 1. The minimum Gasteiger partial charge on any atom is -0.367 e. The first-order chi connectivity index (χ1) is 14.3. The zero-order valence-corrected chi connectivity index (χ0v) is 17.3. The summed E-state index contributed by atoms with van der Waals surface area (Å²) in [6.07, 6.45) is 0. The average molecular weight is 426 g/mol. The van der Waals surface area contributed by atoms with Gasteiger partial charge in [0.15, 0.2) is 0 Å². The number of aromatic nitrogens is 1. The standard InChI is InChI=1S/C21H22N4O4S/c1-14-19(15-6-2-3-7-16(15)23-14)20(26)21(27)25-12-10-24(11-13-25)17-8-4-5-9-18(17)30(22,28)29/h2-9,23H,10-13H2,1H3,(H2,22,28,29). The Hall–Kier alpha value is -3.17. The molecule has 0 bridgehead atoms. The first kappa shape index (κ1) is 20.1. The largest absolute Gasteiger partial charge is 0.367 e. The van der Waals surface area contributed by atoms with Gasteiger partial charge in [0, 0.05) is 42.8 Å². The van der Waals surface area contributed by atoms with Crippen molar-refractivity contribution in [1.82, 2.24) is 9.88 Å². The van der Waals surface area contributed by atoms with E-state index in [1.807, 2.05) is 29.2 Å². The number of para-hydroxylation sites is 2. The number of nitrogens with one attached hydrogen (secondary N) is 1. The fourth-order valence-corrected chi connectivity index (χ4v) is 4.69. The predicted octanol–water partition coefficient (Wildman–Crippen LogP) is 1.66. The third-order valence-corrected chi connectivity index (χ3v) is 6.35. The summed E-state index contributed by atoms with van der Waals surface area (Å²) in [7, 11) is -3.86. The summed E-state index contributed by atoms with van der Waals surface area (Å²) >= 11 is 0. The number of fused-ring (bicyclic) bond motifs is 1. The Labute approximate surface area is 174 Å². The van der Waals surface area contributed by atoms with Crippen molar-refractivity contribution in [2.24, 2.45) is 5.14 Å². The van der Waals surface area contributed by atoms with E-state index in [9.17, 15) is 18.0 Å². The van der Waals surface area contributed by atoms with Gasteiger partial charge in [-0.2, -0.15) is 0 Å². The van der Waals surface area contributed by atoms with Crippen molar-refractivity contribution in [1.29, 1.82) is 0 Å². The highest BCUT2D eigenvalue weighted by Crippen LogP contribution is 2.26. The number of nitrogens with zero attached hydrogens (tertiary/aromatic N) is 2. The molecule has 0 spiro atoms. The number of rotatable bonds is 4. The van der Waals surface area contributed by atoms with Gasteiger partial charge in [-0.1, -0.05) is 30.3 Å². The fourth-order valence-electron chi connectivity index (χ4n) is 3.93. The lowest BCUT2D eigenvalue weighted by molar-refractivity contribution is -0.126. The molecule has 1 aromatic heterocycles. The molecule has 4 rings (SSSR count). The smallest absolute Gasteiger partial charge is 0.295 e. The molecule has 9 heteroatoms. The number of sulfonamides is 1. The molecule has 1 amide bonds. The van der Waals surface area contributed by atoms with E-state index in [1.54, 1.807) is 25.1 Å². The molecule has 1 aliphatic rings. The molecule has 0 radical (unpaired) electrons. The number of nitrogens with two attached hydrogens (primary N) is 1. The van der Waals surface area contributed by atoms with E-state index in [0.29, 0.717) is 43.1 Å². The number of carbonyl (C=O) groups is 2. The Morgan fingerprint density at radius 1 is 0.967 bits per heavy atom. The van der Waals surface area contributed by atoms with E-state index in [-0.39, 0.29) is 4.90 Å². The number of aryl methyl sites for hydroxylation is 1. The molecule has 0 atom stereocenters. The van der Waals surface area contributed by atoms with E-state index in [4.69, 9.17) is 5.14 Å². The van der Waals surface area contributed by atoms with Crippen molar-refractivity contribution < 1.29 is 18.0 Å². The van der Waals surface area contributed by atoms with Crippen LogP contribution in [0.3, 0.4) is 0 Å². The van der Waals surface area contributed by atoms with Gasteiger partial charge in [0.05, 0.1) is 11.3 Å². The molecule has 1 fully saturated rings. The Morgan fingerprint density at radius 2 is 1.60 bits per heavy atom. The van der Waals surface area contributed by atoms with Gasteiger partial charge in [-0.15, -0.1) is 0 Å². The Bertz CT molecular complexity index is 1240. The van der Waals surface area contributed by atoms with Crippen LogP contribution >= 0.6 is 0 Å². The molecule has 30 heavy (non-hydrogen) atoms. The molecular formula is C21H22N4O4S. The maximum atomic E-state index is 13.0. The second kappa shape index (κ2) is 7.58. The van der Waals surface area contributed by atoms with Gasteiger partial charge < -0.3 is 14.8 Å². The SMILES string of the molecule is Cc1[nH]c2ccccc2c1C(=O)C(=O)N1CCN(c2ccccc2S(N)(=O)=O)CC1. The summed E-state index contributed by atoms with van der Waals surface area (Å²) in [5, 5.41) is 6.06. The van der Waals surface area contributed by atoms with Gasteiger partial charge in [0.1, 0.15) is 4.90 Å². The highest BCUT2D eigenvalue weighted by Gasteiger charge is 2.30. The number of Topliss-reactive ketones (excluding diaryl/α,β-unsaturated/α-hetero) is 1. The molecule has 2 aromatic carbocycles. The van der Waals surface area contributed by atoms with Gasteiger partial charge in [0.2, 0.25) is 10.0 Å². The molecule has 156 valence electrons. The van der Waals surface area contributed by atoms with Crippen LogP contribution in [0.2, 0.25) is 0 Å². The quantitative estimate of drug-likeness (QED) is 0.486. The normalized spacial score (nSPS) is 14.9. The Balaban J connectivity index is 1.52. The number of primary sulfonamides is 1. The molecule has 0 unspecified atom stereocenters. The van der Waals surface area contributed by atoms with E-state index < -0.39 is 21.7 Å². The van der Waals surface area contributed by atoms with Crippen LogP contribution in [-0.2, 0) is 14.8 Å². The number of piperazine rings is 1. The number of hydrogen-bond donors (Lipinski definition) is 2. The summed E-state index contributed by atoms with van der Waals surface area (Å²) in [6.45, 7) is 3.20. The van der Waals surface area contributed by atoms with Crippen LogP contribution < -0.4 is 10.0 Å². The topological polar surface area (TPSA) is 117 Å². The maximum Gasteiger partial charge on any atom is 0.295 e. The monoisotopic (exact) mass is 426 g/mol. The first-order valence-electron chi connectivity index (χ1n) is 9.55. The van der Waals surface area contributed by atoms with E-state index in [1.165, 1.54) is 11.0 Å². The third kappa shape index (κ3) is 3.57. The third-order valence-electron chi connectivity index (χ3n) is 5.39. The predicted molar refractivity (Wildman–Crippen MR) is 114 cm³/mol. The number of ketones is 1. The number of amides is 1. The van der Waals surface area contributed by atoms with E-state index >= 15 is 0 Å². The number of carbonyl (C=O) groups excluding carboxylic acids is 2. The minimum atomic E-state index is -3.86. The van der Waals surface area contributed by atoms with Crippen molar-refractivity contribution in [3.63, 3.8) is 0 Å².